The summed E-state index contributed by atoms with van der Waals surface area (Å²) in [7, 11) is -4.27. The fraction of sp³-hybridized carbons (Fsp3) is 0.212. The fourth-order valence-electron chi connectivity index (χ4n) is 4.68. The largest absolute Gasteiger partial charge is 0.352 e. The lowest BCUT2D eigenvalue weighted by molar-refractivity contribution is -0.140. The Morgan fingerprint density at radius 3 is 2.09 bits per heavy atom. The average Bonchev–Trinajstić information content (AvgIpc) is 2.98. The molecule has 0 bridgehead atoms. The van der Waals surface area contributed by atoms with E-state index >= 15 is 0 Å². The number of sulfonamides is 1. The molecule has 1 N–H and O–H groups in total. The van der Waals surface area contributed by atoms with E-state index in [-0.39, 0.29) is 40.5 Å². The zero-order chi connectivity index (χ0) is 31.9. The predicted molar refractivity (Wildman–Crippen MR) is 179 cm³/mol. The summed E-state index contributed by atoms with van der Waals surface area (Å²) >= 11 is 16.1. The van der Waals surface area contributed by atoms with E-state index < -0.39 is 28.5 Å². The van der Waals surface area contributed by atoms with Crippen LogP contribution in [-0.2, 0) is 32.6 Å². The highest BCUT2D eigenvalue weighted by atomic mass is 79.9. The number of carbonyl (C=O) groups excluding carboxylic acids is 2. The van der Waals surface area contributed by atoms with Crippen molar-refractivity contribution in [3.8, 4) is 0 Å². The molecule has 0 saturated carbocycles. The van der Waals surface area contributed by atoms with E-state index in [0.29, 0.717) is 5.02 Å². The van der Waals surface area contributed by atoms with E-state index in [0.717, 1.165) is 19.9 Å². The van der Waals surface area contributed by atoms with Gasteiger partial charge in [-0.1, -0.05) is 99.8 Å². The molecule has 4 aromatic carbocycles. The molecule has 4 aromatic rings. The summed E-state index contributed by atoms with van der Waals surface area (Å²) in [6.07, 6.45) is 0.215. The summed E-state index contributed by atoms with van der Waals surface area (Å²) in [5.41, 5.74) is 1.69. The number of nitrogens with zero attached hydrogens (tertiary/aromatic N) is 2. The van der Waals surface area contributed by atoms with Gasteiger partial charge in [-0.2, -0.15) is 0 Å². The molecule has 0 heterocycles. The van der Waals surface area contributed by atoms with Gasteiger partial charge < -0.3 is 10.2 Å². The molecular weight excluding hydrogens is 685 g/mol. The standard InChI is InChI=1S/C33H32BrCl2N3O4S/c1-23(2)37-33(41)31(19-24-10-5-3-6-11-24)38(21-25-12-9-13-26(34)18-25)32(40)22-39(30-17-16-27(35)20-29(30)36)44(42,43)28-14-7-4-8-15-28/h3-18,20,23,31H,19,21-22H2,1-2H3,(H,37,41)/t31-/m1/s1. The number of nitrogens with one attached hydrogen (secondary N) is 1. The summed E-state index contributed by atoms with van der Waals surface area (Å²) in [5, 5.41) is 3.31. The number of carbonyl (C=O) groups is 2. The lowest BCUT2D eigenvalue weighted by Gasteiger charge is -2.34. The minimum absolute atomic E-state index is 0.0178. The predicted octanol–water partition coefficient (Wildman–Crippen LogP) is 7.12. The van der Waals surface area contributed by atoms with Crippen LogP contribution in [0.4, 0.5) is 5.69 Å². The van der Waals surface area contributed by atoms with Crippen LogP contribution in [0.1, 0.15) is 25.0 Å². The number of benzene rings is 4. The number of rotatable bonds is 12. The van der Waals surface area contributed by atoms with Crippen LogP contribution in [0.2, 0.25) is 10.0 Å². The molecule has 0 spiro atoms. The number of amides is 2. The smallest absolute Gasteiger partial charge is 0.264 e. The average molecular weight is 718 g/mol. The highest BCUT2D eigenvalue weighted by Gasteiger charge is 2.35. The Balaban J connectivity index is 1.82. The van der Waals surface area contributed by atoms with Gasteiger partial charge in [0, 0.05) is 28.5 Å². The van der Waals surface area contributed by atoms with Crippen LogP contribution >= 0.6 is 39.1 Å². The van der Waals surface area contributed by atoms with Gasteiger partial charge in [0.25, 0.3) is 10.0 Å². The zero-order valence-electron chi connectivity index (χ0n) is 24.2. The van der Waals surface area contributed by atoms with Crippen LogP contribution in [0.5, 0.6) is 0 Å². The SMILES string of the molecule is CC(C)NC(=O)[C@@H](Cc1ccccc1)N(Cc1cccc(Br)c1)C(=O)CN(c1ccc(Cl)cc1Cl)S(=O)(=O)c1ccccc1. The van der Waals surface area contributed by atoms with Crippen molar-refractivity contribution in [3.05, 3.63) is 129 Å². The van der Waals surface area contributed by atoms with Gasteiger partial charge in [-0.05, 0) is 67.4 Å². The van der Waals surface area contributed by atoms with E-state index in [1.807, 2.05) is 68.4 Å². The molecule has 0 aliphatic rings. The second kappa shape index (κ2) is 15.1. The first-order valence-electron chi connectivity index (χ1n) is 13.9. The normalized spacial score (nSPS) is 12.0. The molecule has 0 unspecified atom stereocenters. The first-order valence-corrected chi connectivity index (χ1v) is 16.9. The molecule has 0 fully saturated rings. The third-order valence-electron chi connectivity index (χ3n) is 6.73. The lowest BCUT2D eigenvalue weighted by atomic mass is 10.0. The third kappa shape index (κ3) is 8.63. The number of halogens is 3. The Morgan fingerprint density at radius 1 is 0.841 bits per heavy atom. The molecule has 7 nitrogen and oxygen atoms in total. The maximum Gasteiger partial charge on any atom is 0.264 e. The Labute approximate surface area is 277 Å². The van der Waals surface area contributed by atoms with E-state index in [1.165, 1.54) is 35.2 Å². The van der Waals surface area contributed by atoms with E-state index in [1.54, 1.807) is 18.2 Å². The Morgan fingerprint density at radius 2 is 1.48 bits per heavy atom. The Bertz CT molecular complexity index is 1710. The second-order valence-corrected chi connectivity index (χ2v) is 14.1. The van der Waals surface area contributed by atoms with Gasteiger partial charge in [0.05, 0.1) is 15.6 Å². The van der Waals surface area contributed by atoms with Gasteiger partial charge in [0.2, 0.25) is 11.8 Å². The lowest BCUT2D eigenvalue weighted by Crippen LogP contribution is -2.54. The molecule has 230 valence electrons. The van der Waals surface area contributed by atoms with Crippen molar-refractivity contribution in [2.75, 3.05) is 10.8 Å². The molecule has 0 aliphatic heterocycles. The van der Waals surface area contributed by atoms with Crippen molar-refractivity contribution in [2.45, 2.75) is 43.8 Å². The van der Waals surface area contributed by atoms with Crippen LogP contribution in [0, 0.1) is 0 Å². The van der Waals surface area contributed by atoms with Gasteiger partial charge in [-0.3, -0.25) is 13.9 Å². The number of hydrogen-bond acceptors (Lipinski definition) is 4. The van der Waals surface area contributed by atoms with E-state index in [2.05, 4.69) is 21.2 Å². The van der Waals surface area contributed by atoms with Crippen LogP contribution < -0.4 is 9.62 Å². The van der Waals surface area contributed by atoms with Gasteiger partial charge in [-0.25, -0.2) is 8.42 Å². The van der Waals surface area contributed by atoms with Crippen molar-refractivity contribution < 1.29 is 18.0 Å². The van der Waals surface area contributed by atoms with Crippen molar-refractivity contribution >= 4 is 66.7 Å². The fourth-order valence-corrected chi connectivity index (χ4v) is 7.14. The topological polar surface area (TPSA) is 86.8 Å². The van der Waals surface area contributed by atoms with Crippen molar-refractivity contribution in [2.24, 2.45) is 0 Å². The molecule has 4 rings (SSSR count). The zero-order valence-corrected chi connectivity index (χ0v) is 28.1. The highest BCUT2D eigenvalue weighted by molar-refractivity contribution is 9.10. The van der Waals surface area contributed by atoms with Gasteiger partial charge in [0.15, 0.2) is 0 Å². The summed E-state index contributed by atoms with van der Waals surface area (Å²) in [6.45, 7) is 3.12. The summed E-state index contributed by atoms with van der Waals surface area (Å²) in [5.74, 6) is -0.940. The maximum atomic E-state index is 14.5. The highest BCUT2D eigenvalue weighted by Crippen LogP contribution is 2.33. The van der Waals surface area contributed by atoms with Crippen molar-refractivity contribution in [1.29, 1.82) is 0 Å². The minimum Gasteiger partial charge on any atom is -0.352 e. The van der Waals surface area contributed by atoms with Crippen molar-refractivity contribution in [1.82, 2.24) is 10.2 Å². The third-order valence-corrected chi connectivity index (χ3v) is 9.54. The molecule has 11 heteroatoms. The summed E-state index contributed by atoms with van der Waals surface area (Å²) in [4.78, 5) is 29.6. The molecule has 0 aliphatic carbocycles. The number of anilines is 1. The van der Waals surface area contributed by atoms with Crippen LogP contribution in [0.25, 0.3) is 0 Å². The van der Waals surface area contributed by atoms with E-state index in [4.69, 9.17) is 23.2 Å². The van der Waals surface area contributed by atoms with Crippen LogP contribution in [0.3, 0.4) is 0 Å². The monoisotopic (exact) mass is 715 g/mol. The van der Waals surface area contributed by atoms with Gasteiger partial charge >= 0.3 is 0 Å². The Kier molecular flexibility index (Phi) is 11.5. The minimum atomic E-state index is -4.27. The van der Waals surface area contributed by atoms with Crippen molar-refractivity contribution in [3.63, 3.8) is 0 Å². The summed E-state index contributed by atoms with van der Waals surface area (Å²) in [6, 6.07) is 27.8. The molecule has 2 amide bonds. The summed E-state index contributed by atoms with van der Waals surface area (Å²) < 4.78 is 29.9. The number of hydrogen-bond donors (Lipinski definition) is 1. The Hall–Kier alpha value is -3.37. The first-order chi connectivity index (χ1) is 21.0. The van der Waals surface area contributed by atoms with Gasteiger partial charge in [-0.15, -0.1) is 0 Å². The van der Waals surface area contributed by atoms with Gasteiger partial charge in [0.1, 0.15) is 12.6 Å². The molecule has 0 aromatic heterocycles. The molecule has 0 saturated heterocycles. The second-order valence-electron chi connectivity index (χ2n) is 10.4. The maximum absolute atomic E-state index is 14.5. The molecule has 44 heavy (non-hydrogen) atoms. The van der Waals surface area contributed by atoms with Crippen LogP contribution in [-0.4, -0.2) is 43.8 Å². The quantitative estimate of drug-likeness (QED) is 0.169. The molecule has 1 atom stereocenters. The van der Waals surface area contributed by atoms with Crippen LogP contribution in [0.15, 0.2) is 112 Å². The molecule has 0 radical (unpaired) electrons. The first kappa shape index (κ1) is 33.5. The van der Waals surface area contributed by atoms with E-state index in [9.17, 15) is 18.0 Å². The molecular formula is C33H32BrCl2N3O4S.